The average Bonchev–Trinajstić information content (AvgIpc) is 3.04. The van der Waals surface area contributed by atoms with Gasteiger partial charge in [-0.1, -0.05) is 37.5 Å². The van der Waals surface area contributed by atoms with Gasteiger partial charge in [0, 0.05) is 5.56 Å². The molecule has 0 aliphatic heterocycles. The van der Waals surface area contributed by atoms with Crippen LogP contribution in [0.15, 0.2) is 24.3 Å². The molecule has 1 aromatic heterocycles. The van der Waals surface area contributed by atoms with Crippen molar-refractivity contribution in [1.82, 2.24) is 15.4 Å². The number of nitrogens with zero attached hydrogens (tertiary/aromatic N) is 2. The molecule has 3 N–H and O–H groups in total. The van der Waals surface area contributed by atoms with Gasteiger partial charge in [0.25, 0.3) is 5.91 Å². The first-order valence-electron chi connectivity index (χ1n) is 7.65. The average molecular weight is 300 g/mol. The lowest BCUT2D eigenvalue weighted by molar-refractivity contribution is 0.0169. The van der Waals surface area contributed by atoms with Crippen molar-refractivity contribution < 1.29 is 9.53 Å². The number of carbonyl (C=O) groups excluding carboxylic acids is 1. The monoisotopic (exact) mass is 300 g/mol. The minimum atomic E-state index is -0.590. The Bertz CT molecular complexity index is 647. The van der Waals surface area contributed by atoms with E-state index in [2.05, 4.69) is 15.4 Å². The summed E-state index contributed by atoms with van der Waals surface area (Å²) in [7, 11) is 0. The maximum Gasteiger partial charge on any atom is 0.271 e. The Morgan fingerprint density at radius 1 is 1.27 bits per heavy atom. The molecule has 1 heterocycles. The number of aromatic nitrogens is 3. The van der Waals surface area contributed by atoms with E-state index in [0.717, 1.165) is 24.0 Å². The van der Waals surface area contributed by atoms with Crippen LogP contribution in [0.2, 0.25) is 0 Å². The maximum atomic E-state index is 11.3. The van der Waals surface area contributed by atoms with Crippen LogP contribution in [-0.2, 0) is 11.3 Å². The minimum Gasteiger partial charge on any atom is -0.374 e. The van der Waals surface area contributed by atoms with Gasteiger partial charge in [0.1, 0.15) is 5.69 Å². The van der Waals surface area contributed by atoms with Crippen LogP contribution in [0, 0.1) is 0 Å². The summed E-state index contributed by atoms with van der Waals surface area (Å²) in [6.45, 7) is 0.572. The van der Waals surface area contributed by atoms with Gasteiger partial charge in [-0.25, -0.2) is 0 Å². The van der Waals surface area contributed by atoms with Gasteiger partial charge in [-0.2, -0.15) is 15.4 Å². The van der Waals surface area contributed by atoms with Crippen LogP contribution in [0.25, 0.3) is 11.3 Å². The van der Waals surface area contributed by atoms with Gasteiger partial charge in [-0.15, -0.1) is 0 Å². The van der Waals surface area contributed by atoms with E-state index < -0.39 is 5.91 Å². The van der Waals surface area contributed by atoms with E-state index >= 15 is 0 Å². The smallest absolute Gasteiger partial charge is 0.271 e. The molecule has 6 nitrogen and oxygen atoms in total. The topological polar surface area (TPSA) is 93.9 Å². The fourth-order valence-electron chi connectivity index (χ4n) is 2.86. The van der Waals surface area contributed by atoms with E-state index in [0.29, 0.717) is 18.4 Å². The third-order valence-corrected chi connectivity index (χ3v) is 4.02. The molecule has 116 valence electrons. The Balaban J connectivity index is 1.72. The molecule has 6 heteroatoms. The van der Waals surface area contributed by atoms with Gasteiger partial charge in [0.05, 0.1) is 12.7 Å². The maximum absolute atomic E-state index is 11.3. The van der Waals surface area contributed by atoms with Crippen LogP contribution in [-0.4, -0.2) is 27.4 Å². The molecule has 0 unspecified atom stereocenters. The predicted octanol–water partition coefficient (Wildman–Crippen LogP) is 2.42. The molecule has 2 aromatic rings. The van der Waals surface area contributed by atoms with Gasteiger partial charge < -0.3 is 10.5 Å². The quantitative estimate of drug-likeness (QED) is 0.886. The number of carbonyl (C=O) groups is 1. The molecule has 0 spiro atoms. The second-order valence-electron chi connectivity index (χ2n) is 5.66. The number of amides is 1. The molecular formula is C16H20N4O2. The molecule has 0 bridgehead atoms. The van der Waals surface area contributed by atoms with Crippen molar-refractivity contribution >= 4 is 5.91 Å². The van der Waals surface area contributed by atoms with E-state index in [1.807, 2.05) is 24.3 Å². The summed E-state index contributed by atoms with van der Waals surface area (Å²) in [5, 5.41) is 10.3. The van der Waals surface area contributed by atoms with Crippen LogP contribution in [0.1, 0.15) is 48.2 Å². The van der Waals surface area contributed by atoms with E-state index in [9.17, 15) is 4.79 Å². The highest BCUT2D eigenvalue weighted by atomic mass is 16.5. The zero-order valence-electron chi connectivity index (χ0n) is 12.4. The Morgan fingerprint density at radius 3 is 2.86 bits per heavy atom. The second-order valence-corrected chi connectivity index (χ2v) is 5.66. The number of hydrogen-bond donors (Lipinski definition) is 2. The molecule has 1 saturated carbocycles. The Kier molecular flexibility index (Phi) is 4.48. The summed E-state index contributed by atoms with van der Waals surface area (Å²) in [5.41, 5.74) is 7.81. The van der Waals surface area contributed by atoms with Crippen LogP contribution in [0.3, 0.4) is 0 Å². The lowest BCUT2D eigenvalue weighted by Crippen LogP contribution is -2.16. The van der Waals surface area contributed by atoms with Crippen molar-refractivity contribution in [2.24, 2.45) is 5.73 Å². The normalized spacial score (nSPS) is 15.8. The third kappa shape index (κ3) is 3.33. The number of aromatic amines is 1. The first-order valence-corrected chi connectivity index (χ1v) is 7.65. The molecule has 1 aliphatic carbocycles. The summed E-state index contributed by atoms with van der Waals surface area (Å²) in [5.74, 6) is -0.590. The zero-order chi connectivity index (χ0) is 15.4. The van der Waals surface area contributed by atoms with Crippen LogP contribution in [0.5, 0.6) is 0 Å². The summed E-state index contributed by atoms with van der Waals surface area (Å²) in [6, 6.07) is 7.78. The van der Waals surface area contributed by atoms with Crippen LogP contribution < -0.4 is 5.73 Å². The van der Waals surface area contributed by atoms with Gasteiger partial charge in [0.15, 0.2) is 5.69 Å². The van der Waals surface area contributed by atoms with E-state index in [-0.39, 0.29) is 5.69 Å². The van der Waals surface area contributed by atoms with Crippen molar-refractivity contribution in [2.75, 3.05) is 0 Å². The van der Waals surface area contributed by atoms with Crippen LogP contribution >= 0.6 is 0 Å². The van der Waals surface area contributed by atoms with Crippen molar-refractivity contribution in [2.45, 2.75) is 44.8 Å². The fourth-order valence-corrected chi connectivity index (χ4v) is 2.86. The Hall–Kier alpha value is -2.21. The van der Waals surface area contributed by atoms with E-state index in [4.69, 9.17) is 10.5 Å². The number of H-pyrrole nitrogens is 1. The summed E-state index contributed by atoms with van der Waals surface area (Å²) in [6.07, 6.45) is 6.49. The third-order valence-electron chi connectivity index (χ3n) is 4.02. The highest BCUT2D eigenvalue weighted by Gasteiger charge is 2.16. The summed E-state index contributed by atoms with van der Waals surface area (Å²) >= 11 is 0. The largest absolute Gasteiger partial charge is 0.374 e. The van der Waals surface area contributed by atoms with E-state index in [1.54, 1.807) is 0 Å². The van der Waals surface area contributed by atoms with E-state index in [1.165, 1.54) is 19.3 Å². The van der Waals surface area contributed by atoms with Crippen molar-refractivity contribution in [3.63, 3.8) is 0 Å². The standard InChI is InChI=1S/C16H20N4O2/c17-16(21)15-14(18-20-19-15)12-6-4-5-11(9-12)10-22-13-7-2-1-3-8-13/h4-6,9,13H,1-3,7-8,10H2,(H2,17,21)(H,18,19,20). The highest BCUT2D eigenvalue weighted by Crippen LogP contribution is 2.24. The lowest BCUT2D eigenvalue weighted by Gasteiger charge is -2.22. The number of rotatable bonds is 5. The summed E-state index contributed by atoms with van der Waals surface area (Å²) in [4.78, 5) is 11.3. The first-order chi connectivity index (χ1) is 10.7. The number of primary amides is 1. The molecule has 3 rings (SSSR count). The zero-order valence-corrected chi connectivity index (χ0v) is 12.4. The number of hydrogen-bond acceptors (Lipinski definition) is 4. The molecule has 1 aliphatic rings. The number of nitrogens with one attached hydrogen (secondary N) is 1. The number of benzene rings is 1. The molecule has 1 aromatic carbocycles. The molecule has 1 fully saturated rings. The number of ether oxygens (including phenoxy) is 1. The van der Waals surface area contributed by atoms with Crippen molar-refractivity contribution in [1.29, 1.82) is 0 Å². The SMILES string of the molecule is NC(=O)c1n[nH]nc1-c1cccc(COC2CCCCC2)c1. The molecule has 1 amide bonds. The molecule has 0 radical (unpaired) electrons. The molecule has 0 atom stereocenters. The lowest BCUT2D eigenvalue weighted by atomic mass is 9.98. The fraction of sp³-hybridized carbons (Fsp3) is 0.438. The second kappa shape index (κ2) is 6.70. The highest BCUT2D eigenvalue weighted by molar-refractivity contribution is 5.96. The first kappa shape index (κ1) is 14.7. The summed E-state index contributed by atoms with van der Waals surface area (Å²) < 4.78 is 5.98. The van der Waals surface area contributed by atoms with Gasteiger partial charge in [0.2, 0.25) is 0 Å². The Labute approximate surface area is 129 Å². The van der Waals surface area contributed by atoms with Gasteiger partial charge in [-0.05, 0) is 24.5 Å². The van der Waals surface area contributed by atoms with Gasteiger partial charge >= 0.3 is 0 Å². The van der Waals surface area contributed by atoms with Gasteiger partial charge in [-0.3, -0.25) is 4.79 Å². The van der Waals surface area contributed by atoms with Crippen LogP contribution in [0.4, 0.5) is 0 Å². The van der Waals surface area contributed by atoms with Crippen molar-refractivity contribution in [3.8, 4) is 11.3 Å². The molecule has 22 heavy (non-hydrogen) atoms. The predicted molar refractivity (Wildman–Crippen MR) is 82.0 cm³/mol. The molecular weight excluding hydrogens is 280 g/mol. The number of nitrogens with two attached hydrogens (primary N) is 1. The Morgan fingerprint density at radius 2 is 2.09 bits per heavy atom. The van der Waals surface area contributed by atoms with Crippen molar-refractivity contribution in [3.05, 3.63) is 35.5 Å². The molecule has 0 saturated heterocycles. The minimum absolute atomic E-state index is 0.158.